The fraction of sp³-hybridized carbons (Fsp3) is 0.125. The van der Waals surface area contributed by atoms with Gasteiger partial charge in [-0.25, -0.2) is 0 Å². The van der Waals surface area contributed by atoms with Gasteiger partial charge in [-0.3, -0.25) is 9.59 Å². The maximum atomic E-state index is 12.1. The third-order valence-corrected chi connectivity index (χ3v) is 2.94. The predicted octanol–water partition coefficient (Wildman–Crippen LogP) is 1.06. The summed E-state index contributed by atoms with van der Waals surface area (Å²) in [5.41, 5.74) is 12.5. The smallest absolute Gasteiger partial charge is 0.255 e. The minimum atomic E-state index is -0.613. The van der Waals surface area contributed by atoms with E-state index in [1.807, 2.05) is 30.3 Å². The number of hydrogen-bond acceptors (Lipinski definition) is 4. The highest BCUT2D eigenvalue weighted by atomic mass is 16.5. The van der Waals surface area contributed by atoms with Gasteiger partial charge in [0.15, 0.2) is 6.61 Å². The van der Waals surface area contributed by atoms with Crippen molar-refractivity contribution in [3.05, 3.63) is 59.7 Å². The Morgan fingerprint density at radius 2 is 1.82 bits per heavy atom. The van der Waals surface area contributed by atoms with Crippen molar-refractivity contribution in [2.75, 3.05) is 12.3 Å². The van der Waals surface area contributed by atoms with Gasteiger partial charge >= 0.3 is 0 Å². The summed E-state index contributed by atoms with van der Waals surface area (Å²) in [4.78, 5) is 22.9. The molecule has 2 aromatic rings. The Hall–Kier alpha value is -3.02. The van der Waals surface area contributed by atoms with E-state index in [1.165, 1.54) is 6.07 Å². The number of nitrogens with one attached hydrogen (secondary N) is 1. The number of primary amides is 1. The van der Waals surface area contributed by atoms with Crippen molar-refractivity contribution in [1.82, 2.24) is 5.32 Å². The first-order chi connectivity index (χ1) is 10.6. The molecule has 0 unspecified atom stereocenters. The third kappa shape index (κ3) is 4.24. The summed E-state index contributed by atoms with van der Waals surface area (Å²) in [7, 11) is 0. The van der Waals surface area contributed by atoms with Crippen LogP contribution < -0.4 is 21.5 Å². The molecule has 0 spiro atoms. The summed E-state index contributed by atoms with van der Waals surface area (Å²) >= 11 is 0. The van der Waals surface area contributed by atoms with Gasteiger partial charge in [-0.15, -0.1) is 0 Å². The molecule has 6 nitrogen and oxygen atoms in total. The molecule has 0 bridgehead atoms. The van der Waals surface area contributed by atoms with E-state index in [4.69, 9.17) is 16.2 Å². The van der Waals surface area contributed by atoms with Crippen LogP contribution in [0.25, 0.3) is 0 Å². The number of rotatable bonds is 6. The Morgan fingerprint density at radius 3 is 2.50 bits per heavy atom. The molecular weight excluding hydrogens is 282 g/mol. The minimum absolute atomic E-state index is 0.256. The van der Waals surface area contributed by atoms with Gasteiger partial charge in [-0.05, 0) is 23.8 Å². The van der Waals surface area contributed by atoms with Gasteiger partial charge in [-0.1, -0.05) is 30.3 Å². The van der Waals surface area contributed by atoms with Gasteiger partial charge in [0.05, 0.1) is 5.69 Å². The Morgan fingerprint density at radius 1 is 1.09 bits per heavy atom. The molecule has 114 valence electrons. The first kappa shape index (κ1) is 15.4. The molecule has 0 aromatic heterocycles. The number of carbonyl (C=O) groups is 2. The van der Waals surface area contributed by atoms with E-state index < -0.39 is 5.91 Å². The van der Waals surface area contributed by atoms with Crippen molar-refractivity contribution in [1.29, 1.82) is 0 Å². The van der Waals surface area contributed by atoms with Crippen LogP contribution in [0, 0.1) is 0 Å². The second-order valence-electron chi connectivity index (χ2n) is 4.68. The molecule has 0 aliphatic rings. The van der Waals surface area contributed by atoms with Crippen LogP contribution in [0.1, 0.15) is 15.9 Å². The van der Waals surface area contributed by atoms with Crippen molar-refractivity contribution >= 4 is 17.5 Å². The monoisotopic (exact) mass is 299 g/mol. The summed E-state index contributed by atoms with van der Waals surface area (Å²) < 4.78 is 5.17. The lowest BCUT2D eigenvalue weighted by atomic mass is 10.1. The van der Waals surface area contributed by atoms with Gasteiger partial charge in [0.25, 0.3) is 11.8 Å². The number of nitrogen functional groups attached to an aromatic ring is 1. The molecule has 2 rings (SSSR count). The standard InChI is InChI=1S/C16H17N3O3/c17-13-7-6-12(8-14(13)22-10-15(18)20)16(21)19-9-11-4-2-1-3-5-11/h1-8H,9-10,17H2,(H2,18,20)(H,19,21). The number of amides is 2. The zero-order valence-electron chi connectivity index (χ0n) is 11.9. The molecule has 0 aliphatic carbocycles. The number of nitrogens with two attached hydrogens (primary N) is 2. The van der Waals surface area contributed by atoms with Crippen LogP contribution in [-0.2, 0) is 11.3 Å². The van der Waals surface area contributed by atoms with Crippen LogP contribution in [-0.4, -0.2) is 18.4 Å². The molecule has 0 radical (unpaired) electrons. The van der Waals surface area contributed by atoms with Crippen molar-refractivity contribution in [2.45, 2.75) is 6.54 Å². The van der Waals surface area contributed by atoms with E-state index >= 15 is 0 Å². The average molecular weight is 299 g/mol. The highest BCUT2D eigenvalue weighted by Gasteiger charge is 2.10. The lowest BCUT2D eigenvalue weighted by molar-refractivity contribution is -0.119. The second-order valence-corrected chi connectivity index (χ2v) is 4.68. The molecular formula is C16H17N3O3. The van der Waals surface area contributed by atoms with E-state index in [-0.39, 0.29) is 18.3 Å². The van der Waals surface area contributed by atoms with Crippen LogP contribution >= 0.6 is 0 Å². The van der Waals surface area contributed by atoms with Crippen molar-refractivity contribution in [3.63, 3.8) is 0 Å². The lowest BCUT2D eigenvalue weighted by Gasteiger charge is -2.10. The molecule has 0 saturated heterocycles. The normalized spacial score (nSPS) is 10.0. The van der Waals surface area contributed by atoms with Gasteiger partial charge in [-0.2, -0.15) is 0 Å². The molecule has 22 heavy (non-hydrogen) atoms. The third-order valence-electron chi connectivity index (χ3n) is 2.94. The van der Waals surface area contributed by atoms with Crippen molar-refractivity contribution < 1.29 is 14.3 Å². The van der Waals surface area contributed by atoms with E-state index in [9.17, 15) is 9.59 Å². The molecule has 2 amide bonds. The quantitative estimate of drug-likeness (QED) is 0.693. The maximum absolute atomic E-state index is 12.1. The van der Waals surface area contributed by atoms with E-state index in [0.717, 1.165) is 5.56 Å². The van der Waals surface area contributed by atoms with E-state index in [1.54, 1.807) is 12.1 Å². The Bertz CT molecular complexity index is 672. The summed E-state index contributed by atoms with van der Waals surface area (Å²) in [6.45, 7) is 0.126. The topological polar surface area (TPSA) is 107 Å². The number of hydrogen-bond donors (Lipinski definition) is 3. The van der Waals surface area contributed by atoms with Crippen molar-refractivity contribution in [2.24, 2.45) is 5.73 Å². The zero-order valence-corrected chi connectivity index (χ0v) is 11.9. The number of ether oxygens (including phenoxy) is 1. The molecule has 5 N–H and O–H groups in total. The molecule has 0 fully saturated rings. The van der Waals surface area contributed by atoms with Crippen LogP contribution in [0.3, 0.4) is 0 Å². The molecule has 0 saturated carbocycles. The molecule has 6 heteroatoms. The Labute approximate surface area is 128 Å². The van der Waals surface area contributed by atoms with Gasteiger partial charge in [0.1, 0.15) is 5.75 Å². The minimum Gasteiger partial charge on any atom is -0.482 e. The number of benzene rings is 2. The molecule has 0 aliphatic heterocycles. The maximum Gasteiger partial charge on any atom is 0.255 e. The zero-order chi connectivity index (χ0) is 15.9. The Kier molecular flexibility index (Phi) is 4.98. The van der Waals surface area contributed by atoms with Crippen LogP contribution in [0.5, 0.6) is 5.75 Å². The van der Waals surface area contributed by atoms with Gasteiger partial charge in [0.2, 0.25) is 0 Å². The first-order valence-corrected chi connectivity index (χ1v) is 6.69. The highest BCUT2D eigenvalue weighted by Crippen LogP contribution is 2.22. The Balaban J connectivity index is 2.03. The molecule has 2 aromatic carbocycles. The molecule has 0 heterocycles. The average Bonchev–Trinajstić information content (AvgIpc) is 2.52. The highest BCUT2D eigenvalue weighted by molar-refractivity contribution is 5.95. The first-order valence-electron chi connectivity index (χ1n) is 6.69. The summed E-state index contributed by atoms with van der Waals surface area (Å²) in [5.74, 6) is -0.614. The summed E-state index contributed by atoms with van der Waals surface area (Å²) in [6, 6.07) is 14.2. The number of carbonyl (C=O) groups excluding carboxylic acids is 2. The van der Waals surface area contributed by atoms with Crippen LogP contribution in [0.4, 0.5) is 5.69 Å². The number of anilines is 1. The van der Waals surface area contributed by atoms with Crippen LogP contribution in [0.15, 0.2) is 48.5 Å². The second kappa shape index (κ2) is 7.12. The lowest BCUT2D eigenvalue weighted by Crippen LogP contribution is -2.23. The van der Waals surface area contributed by atoms with E-state index in [2.05, 4.69) is 5.32 Å². The largest absolute Gasteiger partial charge is 0.482 e. The fourth-order valence-corrected chi connectivity index (χ4v) is 1.83. The summed E-state index contributed by atoms with van der Waals surface area (Å²) in [5, 5.41) is 2.80. The SMILES string of the molecule is NC(=O)COc1cc(C(=O)NCc2ccccc2)ccc1N. The van der Waals surface area contributed by atoms with Gasteiger partial charge in [0, 0.05) is 12.1 Å². The fourth-order valence-electron chi connectivity index (χ4n) is 1.83. The van der Waals surface area contributed by atoms with E-state index in [0.29, 0.717) is 17.8 Å². The summed E-state index contributed by atoms with van der Waals surface area (Å²) in [6.07, 6.45) is 0. The molecule has 0 atom stereocenters. The predicted molar refractivity (Wildman–Crippen MR) is 83.2 cm³/mol. The van der Waals surface area contributed by atoms with Crippen molar-refractivity contribution in [3.8, 4) is 5.75 Å². The van der Waals surface area contributed by atoms with Crippen LogP contribution in [0.2, 0.25) is 0 Å². The van der Waals surface area contributed by atoms with Gasteiger partial charge < -0.3 is 21.5 Å².